The molecule has 0 spiro atoms. The van der Waals surface area contributed by atoms with E-state index in [1.807, 2.05) is 6.92 Å². The molecule has 0 saturated carbocycles. The van der Waals surface area contributed by atoms with Crippen LogP contribution in [0.15, 0.2) is 18.2 Å². The van der Waals surface area contributed by atoms with Gasteiger partial charge in [-0.3, -0.25) is 0 Å². The fourth-order valence-corrected chi connectivity index (χ4v) is 2.20. The molecule has 1 N–H and O–H groups in total. The van der Waals surface area contributed by atoms with E-state index >= 15 is 0 Å². The van der Waals surface area contributed by atoms with Gasteiger partial charge in [-0.05, 0) is 48.8 Å². The monoisotopic (exact) mass is 190 g/mol. The zero-order chi connectivity index (χ0) is 9.97. The highest BCUT2D eigenvalue weighted by Crippen LogP contribution is 2.25. The van der Waals surface area contributed by atoms with Crippen molar-refractivity contribution in [3.63, 3.8) is 0 Å². The van der Waals surface area contributed by atoms with Crippen molar-refractivity contribution in [3.05, 3.63) is 34.9 Å². The van der Waals surface area contributed by atoms with Gasteiger partial charge in [-0.15, -0.1) is 0 Å². The molecule has 0 aliphatic heterocycles. The van der Waals surface area contributed by atoms with Crippen molar-refractivity contribution in [2.75, 3.05) is 0 Å². The molecule has 0 saturated heterocycles. The molecule has 1 aliphatic carbocycles. The van der Waals surface area contributed by atoms with Crippen LogP contribution in [0.4, 0.5) is 0 Å². The van der Waals surface area contributed by atoms with Gasteiger partial charge in [0.15, 0.2) is 0 Å². The Morgan fingerprint density at radius 3 is 2.64 bits per heavy atom. The van der Waals surface area contributed by atoms with Crippen molar-refractivity contribution in [1.29, 1.82) is 0 Å². The molecule has 1 heteroatoms. The van der Waals surface area contributed by atoms with Gasteiger partial charge in [0.25, 0.3) is 0 Å². The minimum atomic E-state index is -0.276. The van der Waals surface area contributed by atoms with Crippen LogP contribution in [0, 0.1) is 0 Å². The number of aliphatic hydroxyl groups is 1. The molecule has 1 unspecified atom stereocenters. The lowest BCUT2D eigenvalue weighted by Crippen LogP contribution is -2.04. The van der Waals surface area contributed by atoms with Gasteiger partial charge in [0.2, 0.25) is 0 Å². The summed E-state index contributed by atoms with van der Waals surface area (Å²) in [5.74, 6) is 0. The van der Waals surface area contributed by atoms with Crippen molar-refractivity contribution in [1.82, 2.24) is 0 Å². The first-order chi connectivity index (χ1) is 6.81. The predicted molar refractivity (Wildman–Crippen MR) is 58.3 cm³/mol. The van der Waals surface area contributed by atoms with Gasteiger partial charge < -0.3 is 5.11 Å². The van der Waals surface area contributed by atoms with Crippen LogP contribution in [0.1, 0.15) is 49.0 Å². The lowest BCUT2D eigenvalue weighted by Gasteiger charge is -2.18. The molecule has 1 aliphatic rings. The van der Waals surface area contributed by atoms with Gasteiger partial charge >= 0.3 is 0 Å². The summed E-state index contributed by atoms with van der Waals surface area (Å²) >= 11 is 0. The number of aliphatic hydroxyl groups excluding tert-OH is 1. The quantitative estimate of drug-likeness (QED) is 0.760. The molecule has 1 atom stereocenters. The van der Waals surface area contributed by atoms with Crippen LogP contribution in [-0.4, -0.2) is 5.11 Å². The molecular weight excluding hydrogens is 172 g/mol. The fraction of sp³-hybridized carbons (Fsp3) is 0.538. The van der Waals surface area contributed by atoms with E-state index in [9.17, 15) is 5.11 Å². The second kappa shape index (κ2) is 4.14. The first-order valence-corrected chi connectivity index (χ1v) is 5.61. The number of aryl methyl sites for hydroxylation is 2. The summed E-state index contributed by atoms with van der Waals surface area (Å²) in [6, 6.07) is 6.48. The maximum absolute atomic E-state index is 9.73. The Kier molecular flexibility index (Phi) is 2.87. The smallest absolute Gasteiger partial charge is 0.0787 e. The molecule has 2 rings (SSSR count). The van der Waals surface area contributed by atoms with E-state index in [0.29, 0.717) is 0 Å². The van der Waals surface area contributed by atoms with E-state index in [1.165, 1.54) is 36.8 Å². The third-order valence-electron chi connectivity index (χ3n) is 3.14. The fourth-order valence-electron chi connectivity index (χ4n) is 2.20. The molecule has 0 aromatic heterocycles. The molecule has 14 heavy (non-hydrogen) atoms. The van der Waals surface area contributed by atoms with E-state index in [1.54, 1.807) is 0 Å². The number of hydrogen-bond donors (Lipinski definition) is 1. The molecule has 0 heterocycles. The molecule has 0 amide bonds. The minimum Gasteiger partial charge on any atom is -0.388 e. The van der Waals surface area contributed by atoms with Gasteiger partial charge in [-0.25, -0.2) is 0 Å². The van der Waals surface area contributed by atoms with Crippen LogP contribution in [-0.2, 0) is 12.8 Å². The van der Waals surface area contributed by atoms with Crippen molar-refractivity contribution < 1.29 is 5.11 Å². The summed E-state index contributed by atoms with van der Waals surface area (Å²) in [7, 11) is 0. The molecule has 0 bridgehead atoms. The summed E-state index contributed by atoms with van der Waals surface area (Å²) in [5, 5.41) is 9.73. The Labute approximate surface area is 85.8 Å². The Bertz CT molecular complexity index is 317. The number of hydrogen-bond acceptors (Lipinski definition) is 1. The average molecular weight is 190 g/mol. The SMILES string of the molecule is CCC(O)c1ccc2c(c1)CCCC2. The van der Waals surface area contributed by atoms with Crippen LogP contribution in [0.3, 0.4) is 0 Å². The highest BCUT2D eigenvalue weighted by molar-refractivity contribution is 5.34. The lowest BCUT2D eigenvalue weighted by molar-refractivity contribution is 0.173. The van der Waals surface area contributed by atoms with E-state index in [2.05, 4.69) is 18.2 Å². The van der Waals surface area contributed by atoms with Gasteiger partial charge in [0.05, 0.1) is 6.10 Å². The number of benzene rings is 1. The highest BCUT2D eigenvalue weighted by atomic mass is 16.3. The van der Waals surface area contributed by atoms with Crippen molar-refractivity contribution >= 4 is 0 Å². The third-order valence-corrected chi connectivity index (χ3v) is 3.14. The summed E-state index contributed by atoms with van der Waals surface area (Å²) in [6.07, 6.45) is 5.57. The molecule has 0 fully saturated rings. The van der Waals surface area contributed by atoms with Crippen LogP contribution in [0.2, 0.25) is 0 Å². The second-order valence-electron chi connectivity index (χ2n) is 4.16. The standard InChI is InChI=1S/C13H18O/c1-2-13(14)12-8-7-10-5-3-4-6-11(10)9-12/h7-9,13-14H,2-6H2,1H3. The van der Waals surface area contributed by atoms with E-state index < -0.39 is 0 Å². The van der Waals surface area contributed by atoms with Gasteiger partial charge in [-0.1, -0.05) is 25.1 Å². The zero-order valence-electron chi connectivity index (χ0n) is 8.79. The number of rotatable bonds is 2. The first-order valence-electron chi connectivity index (χ1n) is 5.61. The first kappa shape index (κ1) is 9.72. The average Bonchev–Trinajstić information content (AvgIpc) is 2.27. The van der Waals surface area contributed by atoms with Crippen LogP contribution < -0.4 is 0 Å². The summed E-state index contributed by atoms with van der Waals surface area (Å²) in [5.41, 5.74) is 4.04. The van der Waals surface area contributed by atoms with E-state index in [-0.39, 0.29) is 6.10 Å². The van der Waals surface area contributed by atoms with Crippen molar-refractivity contribution in [2.45, 2.75) is 45.1 Å². The molecule has 0 radical (unpaired) electrons. The summed E-state index contributed by atoms with van der Waals surface area (Å²) in [6.45, 7) is 2.02. The summed E-state index contributed by atoms with van der Waals surface area (Å²) < 4.78 is 0. The third kappa shape index (κ3) is 1.83. The topological polar surface area (TPSA) is 20.2 Å². The Morgan fingerprint density at radius 1 is 1.21 bits per heavy atom. The minimum absolute atomic E-state index is 0.276. The van der Waals surface area contributed by atoms with Gasteiger partial charge in [0.1, 0.15) is 0 Å². The van der Waals surface area contributed by atoms with E-state index in [4.69, 9.17) is 0 Å². The summed E-state index contributed by atoms with van der Waals surface area (Å²) in [4.78, 5) is 0. The van der Waals surface area contributed by atoms with Crippen LogP contribution in [0.5, 0.6) is 0 Å². The van der Waals surface area contributed by atoms with Crippen molar-refractivity contribution in [2.24, 2.45) is 0 Å². The molecule has 1 aromatic carbocycles. The van der Waals surface area contributed by atoms with Crippen molar-refractivity contribution in [3.8, 4) is 0 Å². The maximum atomic E-state index is 9.73. The highest BCUT2D eigenvalue weighted by Gasteiger charge is 2.11. The molecular formula is C13H18O. The Balaban J connectivity index is 2.29. The predicted octanol–water partition coefficient (Wildman–Crippen LogP) is 3.01. The normalized spacial score (nSPS) is 17.6. The Morgan fingerprint density at radius 2 is 1.93 bits per heavy atom. The second-order valence-corrected chi connectivity index (χ2v) is 4.16. The molecule has 1 nitrogen and oxygen atoms in total. The maximum Gasteiger partial charge on any atom is 0.0787 e. The number of fused-ring (bicyclic) bond motifs is 1. The molecule has 1 aromatic rings. The van der Waals surface area contributed by atoms with Gasteiger partial charge in [-0.2, -0.15) is 0 Å². The molecule has 76 valence electrons. The van der Waals surface area contributed by atoms with Crippen LogP contribution >= 0.6 is 0 Å². The Hall–Kier alpha value is -0.820. The van der Waals surface area contributed by atoms with E-state index in [0.717, 1.165) is 12.0 Å². The lowest BCUT2D eigenvalue weighted by atomic mass is 9.89. The largest absolute Gasteiger partial charge is 0.388 e. The van der Waals surface area contributed by atoms with Crippen LogP contribution in [0.25, 0.3) is 0 Å². The van der Waals surface area contributed by atoms with Gasteiger partial charge in [0, 0.05) is 0 Å². The zero-order valence-corrected chi connectivity index (χ0v) is 8.79.